The first kappa shape index (κ1) is 22.3. The Morgan fingerprint density at radius 3 is 1.69 bits per heavy atom. The maximum atomic E-state index is 12.0. The maximum Gasteiger partial charge on any atom is 0.258 e. The van der Waals surface area contributed by atoms with Gasteiger partial charge in [0.05, 0.1) is 0 Å². The smallest absolute Gasteiger partial charge is 0.258 e. The predicted molar refractivity (Wildman–Crippen MR) is 113 cm³/mol. The minimum Gasteiger partial charge on any atom is -0.484 e. The van der Waals surface area contributed by atoms with Crippen molar-refractivity contribution in [2.75, 3.05) is 19.8 Å². The van der Waals surface area contributed by atoms with Crippen LogP contribution < -0.4 is 20.1 Å². The molecule has 0 fully saturated rings. The first-order chi connectivity index (χ1) is 14.0. The zero-order valence-corrected chi connectivity index (χ0v) is 17.4. The molecular formula is C23H30N2O4. The number of aryl methyl sites for hydroxylation is 2. The summed E-state index contributed by atoms with van der Waals surface area (Å²) >= 11 is 0. The van der Waals surface area contributed by atoms with Crippen LogP contribution in [0.1, 0.15) is 31.9 Å². The van der Waals surface area contributed by atoms with Gasteiger partial charge in [-0.25, -0.2) is 0 Å². The monoisotopic (exact) mass is 398 g/mol. The number of amides is 2. The van der Waals surface area contributed by atoms with Crippen molar-refractivity contribution in [3.8, 4) is 11.5 Å². The van der Waals surface area contributed by atoms with Gasteiger partial charge in [-0.15, -0.1) is 0 Å². The zero-order chi connectivity index (χ0) is 21.1. The Hall–Kier alpha value is -3.02. The van der Waals surface area contributed by atoms with Gasteiger partial charge in [-0.3, -0.25) is 9.59 Å². The minimum atomic E-state index is -0.238. The zero-order valence-electron chi connectivity index (χ0n) is 17.4. The molecule has 2 N–H and O–H groups in total. The van der Waals surface area contributed by atoms with Gasteiger partial charge in [0, 0.05) is 12.6 Å². The third-order valence-electron chi connectivity index (χ3n) is 4.42. The van der Waals surface area contributed by atoms with Crippen LogP contribution in [0.3, 0.4) is 0 Å². The molecule has 2 amide bonds. The van der Waals surface area contributed by atoms with Crippen molar-refractivity contribution in [2.24, 2.45) is 0 Å². The Bertz CT molecular complexity index is 772. The Morgan fingerprint density at radius 2 is 1.24 bits per heavy atom. The lowest BCUT2D eigenvalue weighted by atomic mass is 10.2. The molecule has 0 aliphatic carbocycles. The molecule has 6 nitrogen and oxygen atoms in total. The molecule has 2 aromatic carbocycles. The molecule has 2 rings (SSSR count). The summed E-state index contributed by atoms with van der Waals surface area (Å²) in [6.07, 6.45) is 1.92. The Balaban J connectivity index is 1.62. The van der Waals surface area contributed by atoms with Crippen LogP contribution in [0.4, 0.5) is 0 Å². The number of carbonyl (C=O) groups excluding carboxylic acids is 2. The summed E-state index contributed by atoms with van der Waals surface area (Å²) in [6.45, 7) is 6.16. The molecule has 0 radical (unpaired) electrons. The standard InChI is InChI=1S/C23H30N2O4/c1-4-18-6-10-20(11-7-18)28-15-22(26)24-14-17(3)25-23(27)16-29-21-12-8-19(5-2)9-13-21/h6-13,17H,4-5,14-16H2,1-3H3,(H,24,26)(H,25,27). The highest BCUT2D eigenvalue weighted by molar-refractivity contribution is 5.79. The summed E-state index contributed by atoms with van der Waals surface area (Å²) in [7, 11) is 0. The van der Waals surface area contributed by atoms with E-state index in [1.165, 1.54) is 11.1 Å². The number of nitrogens with one attached hydrogen (secondary N) is 2. The average molecular weight is 399 g/mol. The fourth-order valence-electron chi connectivity index (χ4n) is 2.63. The second kappa shape index (κ2) is 11.7. The highest BCUT2D eigenvalue weighted by Crippen LogP contribution is 2.13. The molecule has 0 aromatic heterocycles. The summed E-state index contributed by atoms with van der Waals surface area (Å²) in [5, 5.41) is 5.54. The molecule has 0 saturated carbocycles. The average Bonchev–Trinajstić information content (AvgIpc) is 2.75. The number of hydrogen-bond acceptors (Lipinski definition) is 4. The number of carbonyl (C=O) groups is 2. The molecule has 1 atom stereocenters. The fourth-order valence-corrected chi connectivity index (χ4v) is 2.63. The van der Waals surface area contributed by atoms with Crippen molar-refractivity contribution < 1.29 is 19.1 Å². The van der Waals surface area contributed by atoms with E-state index in [2.05, 4.69) is 24.5 Å². The van der Waals surface area contributed by atoms with Crippen LogP contribution in [0.5, 0.6) is 11.5 Å². The van der Waals surface area contributed by atoms with Crippen LogP contribution in [0.25, 0.3) is 0 Å². The first-order valence-electron chi connectivity index (χ1n) is 9.99. The molecule has 2 aromatic rings. The molecule has 0 heterocycles. The Morgan fingerprint density at radius 1 is 0.793 bits per heavy atom. The molecule has 6 heteroatoms. The summed E-state index contributed by atoms with van der Waals surface area (Å²) in [5.41, 5.74) is 2.43. The van der Waals surface area contributed by atoms with Gasteiger partial charge < -0.3 is 20.1 Å². The van der Waals surface area contributed by atoms with E-state index in [0.717, 1.165) is 12.8 Å². The highest BCUT2D eigenvalue weighted by Gasteiger charge is 2.10. The highest BCUT2D eigenvalue weighted by atomic mass is 16.5. The number of hydrogen-bond donors (Lipinski definition) is 2. The van der Waals surface area contributed by atoms with E-state index in [4.69, 9.17) is 9.47 Å². The van der Waals surface area contributed by atoms with Gasteiger partial charge in [-0.05, 0) is 55.2 Å². The van der Waals surface area contributed by atoms with Crippen molar-refractivity contribution in [3.05, 3.63) is 59.7 Å². The van der Waals surface area contributed by atoms with Crippen molar-refractivity contribution in [3.63, 3.8) is 0 Å². The topological polar surface area (TPSA) is 76.7 Å². The lowest BCUT2D eigenvalue weighted by Crippen LogP contribution is -2.44. The number of ether oxygens (including phenoxy) is 2. The van der Waals surface area contributed by atoms with Crippen molar-refractivity contribution in [1.29, 1.82) is 0 Å². The molecule has 0 aliphatic rings. The Kier molecular flexibility index (Phi) is 9.02. The van der Waals surface area contributed by atoms with Gasteiger partial charge in [0.25, 0.3) is 11.8 Å². The van der Waals surface area contributed by atoms with E-state index in [-0.39, 0.29) is 31.1 Å². The molecule has 0 bridgehead atoms. The van der Waals surface area contributed by atoms with Crippen molar-refractivity contribution >= 4 is 11.8 Å². The van der Waals surface area contributed by atoms with Crippen LogP contribution in [0, 0.1) is 0 Å². The third-order valence-corrected chi connectivity index (χ3v) is 4.42. The van der Waals surface area contributed by atoms with E-state index in [0.29, 0.717) is 18.0 Å². The molecule has 29 heavy (non-hydrogen) atoms. The third kappa shape index (κ3) is 8.25. The summed E-state index contributed by atoms with van der Waals surface area (Å²) < 4.78 is 10.9. The van der Waals surface area contributed by atoms with Gasteiger partial charge in [0.2, 0.25) is 0 Å². The van der Waals surface area contributed by atoms with Crippen molar-refractivity contribution in [2.45, 2.75) is 39.7 Å². The van der Waals surface area contributed by atoms with E-state index in [1.807, 2.05) is 55.5 Å². The van der Waals surface area contributed by atoms with Crippen LogP contribution in [0.2, 0.25) is 0 Å². The quantitative estimate of drug-likeness (QED) is 0.610. The van der Waals surface area contributed by atoms with Crippen LogP contribution in [-0.2, 0) is 22.4 Å². The second-order valence-corrected chi connectivity index (χ2v) is 6.84. The minimum absolute atomic E-state index is 0.0665. The maximum absolute atomic E-state index is 12.0. The van der Waals surface area contributed by atoms with Crippen molar-refractivity contribution in [1.82, 2.24) is 10.6 Å². The lowest BCUT2D eigenvalue weighted by Gasteiger charge is -2.15. The number of benzene rings is 2. The van der Waals surface area contributed by atoms with E-state index in [1.54, 1.807) is 0 Å². The van der Waals surface area contributed by atoms with E-state index < -0.39 is 0 Å². The number of rotatable bonds is 11. The van der Waals surface area contributed by atoms with Gasteiger partial charge in [-0.1, -0.05) is 38.1 Å². The fraction of sp³-hybridized carbons (Fsp3) is 0.391. The molecule has 0 saturated heterocycles. The first-order valence-corrected chi connectivity index (χ1v) is 9.99. The summed E-state index contributed by atoms with van der Waals surface area (Å²) in [4.78, 5) is 23.9. The van der Waals surface area contributed by atoms with Crippen LogP contribution >= 0.6 is 0 Å². The second-order valence-electron chi connectivity index (χ2n) is 6.84. The molecule has 156 valence electrons. The van der Waals surface area contributed by atoms with Gasteiger partial charge >= 0.3 is 0 Å². The van der Waals surface area contributed by atoms with Crippen LogP contribution in [-0.4, -0.2) is 37.6 Å². The summed E-state index contributed by atoms with van der Waals surface area (Å²) in [5.74, 6) is 0.835. The predicted octanol–water partition coefficient (Wildman–Crippen LogP) is 2.89. The van der Waals surface area contributed by atoms with Gasteiger partial charge in [0.1, 0.15) is 11.5 Å². The van der Waals surface area contributed by atoms with E-state index in [9.17, 15) is 9.59 Å². The van der Waals surface area contributed by atoms with E-state index >= 15 is 0 Å². The molecule has 0 aliphatic heterocycles. The molecule has 0 spiro atoms. The van der Waals surface area contributed by atoms with Crippen LogP contribution in [0.15, 0.2) is 48.5 Å². The van der Waals surface area contributed by atoms with Gasteiger partial charge in [-0.2, -0.15) is 0 Å². The molecule has 1 unspecified atom stereocenters. The van der Waals surface area contributed by atoms with Gasteiger partial charge in [0.15, 0.2) is 13.2 Å². The summed E-state index contributed by atoms with van der Waals surface area (Å²) in [6, 6.07) is 15.1. The normalized spacial score (nSPS) is 11.4. The SMILES string of the molecule is CCc1ccc(OCC(=O)NCC(C)NC(=O)COc2ccc(CC)cc2)cc1. The Labute approximate surface area is 172 Å². The molecular weight excluding hydrogens is 368 g/mol. The lowest BCUT2D eigenvalue weighted by molar-refractivity contribution is -0.125. The largest absolute Gasteiger partial charge is 0.484 e.